The molecule has 1 atom stereocenters. The van der Waals surface area contributed by atoms with Gasteiger partial charge in [0.15, 0.2) is 15.7 Å². The van der Waals surface area contributed by atoms with Crippen LogP contribution in [-0.4, -0.2) is 55.9 Å². The topological polar surface area (TPSA) is 88.3 Å². The van der Waals surface area contributed by atoms with Crippen molar-refractivity contribution in [2.45, 2.75) is 31.6 Å². The van der Waals surface area contributed by atoms with Crippen LogP contribution >= 0.6 is 0 Å². The molecule has 0 aromatic carbocycles. The zero-order valence-electron chi connectivity index (χ0n) is 12.0. The average Bonchev–Trinajstić information content (AvgIpc) is 2.83. The van der Waals surface area contributed by atoms with Crippen LogP contribution in [0, 0.1) is 0 Å². The predicted molar refractivity (Wildman–Crippen MR) is 74.9 cm³/mol. The quantitative estimate of drug-likeness (QED) is 0.811. The van der Waals surface area contributed by atoms with E-state index in [9.17, 15) is 8.42 Å². The summed E-state index contributed by atoms with van der Waals surface area (Å²) in [5.74, 6) is 0.589. The minimum Gasteiger partial charge on any atom is -0.338 e. The molecule has 0 bridgehead atoms. The first-order valence-electron chi connectivity index (χ1n) is 6.94. The summed E-state index contributed by atoms with van der Waals surface area (Å²) in [6, 6.07) is 0.110. The van der Waals surface area contributed by atoms with Crippen LogP contribution in [0.2, 0.25) is 0 Å². The van der Waals surface area contributed by atoms with Crippen LogP contribution in [0.4, 0.5) is 0 Å². The Hall–Kier alpha value is -0.990. The first-order valence-corrected chi connectivity index (χ1v) is 9.00. The van der Waals surface area contributed by atoms with Crippen molar-refractivity contribution in [2.24, 2.45) is 0 Å². The van der Waals surface area contributed by atoms with Gasteiger partial charge in [0.1, 0.15) is 5.75 Å². The molecule has 0 amide bonds. The van der Waals surface area contributed by atoms with E-state index in [0.29, 0.717) is 5.82 Å². The lowest BCUT2D eigenvalue weighted by atomic mass is 10.1. The van der Waals surface area contributed by atoms with E-state index in [2.05, 4.69) is 27.3 Å². The molecule has 20 heavy (non-hydrogen) atoms. The molecule has 2 rings (SSSR count). The molecule has 1 saturated heterocycles. The molecule has 8 heteroatoms. The zero-order valence-corrected chi connectivity index (χ0v) is 12.8. The van der Waals surface area contributed by atoms with Crippen molar-refractivity contribution < 1.29 is 12.9 Å². The van der Waals surface area contributed by atoms with Gasteiger partial charge in [-0.1, -0.05) is 18.5 Å². The van der Waals surface area contributed by atoms with Crippen LogP contribution in [0.25, 0.3) is 0 Å². The summed E-state index contributed by atoms with van der Waals surface area (Å²) in [5, 5.41) is 7.30. The van der Waals surface area contributed by atoms with Gasteiger partial charge in [0.25, 0.3) is 0 Å². The molecule has 1 unspecified atom stereocenters. The van der Waals surface area contributed by atoms with E-state index in [0.717, 1.165) is 45.3 Å². The highest BCUT2D eigenvalue weighted by Gasteiger charge is 2.26. The number of hydrogen-bond donors (Lipinski definition) is 1. The second kappa shape index (κ2) is 6.64. The van der Waals surface area contributed by atoms with Crippen molar-refractivity contribution >= 4 is 9.84 Å². The summed E-state index contributed by atoms with van der Waals surface area (Å²) < 4.78 is 27.6. The van der Waals surface area contributed by atoms with Gasteiger partial charge in [0.2, 0.25) is 5.89 Å². The number of piperazine rings is 1. The lowest BCUT2D eigenvalue weighted by Crippen LogP contribution is -2.45. The molecule has 1 N–H and O–H groups in total. The molecular formula is C12H22N4O3S. The summed E-state index contributed by atoms with van der Waals surface area (Å²) in [4.78, 5) is 6.60. The third-order valence-electron chi connectivity index (χ3n) is 3.32. The van der Waals surface area contributed by atoms with Gasteiger partial charge in [-0.2, -0.15) is 4.98 Å². The maximum atomic E-state index is 11.3. The van der Waals surface area contributed by atoms with Gasteiger partial charge >= 0.3 is 0 Å². The highest BCUT2D eigenvalue weighted by molar-refractivity contribution is 7.89. The van der Waals surface area contributed by atoms with Crippen LogP contribution < -0.4 is 5.32 Å². The molecule has 2 heterocycles. The monoisotopic (exact) mass is 302 g/mol. The Morgan fingerprint density at radius 2 is 2.10 bits per heavy atom. The maximum absolute atomic E-state index is 11.3. The smallest absolute Gasteiger partial charge is 0.241 e. The summed E-state index contributed by atoms with van der Waals surface area (Å²) in [5.41, 5.74) is 0. The summed E-state index contributed by atoms with van der Waals surface area (Å²) >= 11 is 0. The Kier molecular flexibility index (Phi) is 5.11. The second-order valence-electron chi connectivity index (χ2n) is 5.21. The summed E-state index contributed by atoms with van der Waals surface area (Å²) in [6.45, 7) is 5.91. The van der Waals surface area contributed by atoms with Gasteiger partial charge in [-0.3, -0.25) is 4.90 Å². The standard InChI is InChI=1S/C12H22N4O3S/c1-3-4-10(16-7-5-13-6-8-16)12-14-11(19-15-12)9-20(2,17)18/h10,13H,3-9H2,1-2H3. The lowest BCUT2D eigenvalue weighted by molar-refractivity contribution is 0.155. The maximum Gasteiger partial charge on any atom is 0.241 e. The Morgan fingerprint density at radius 1 is 1.40 bits per heavy atom. The van der Waals surface area contributed by atoms with Crippen LogP contribution in [0.3, 0.4) is 0 Å². The van der Waals surface area contributed by atoms with Crippen LogP contribution in [-0.2, 0) is 15.6 Å². The van der Waals surface area contributed by atoms with Crippen LogP contribution in [0.5, 0.6) is 0 Å². The molecule has 7 nitrogen and oxygen atoms in total. The molecule has 0 spiro atoms. The Labute approximate surface area is 119 Å². The van der Waals surface area contributed by atoms with Crippen LogP contribution in [0.1, 0.15) is 37.5 Å². The first-order chi connectivity index (χ1) is 9.49. The van der Waals surface area contributed by atoms with E-state index in [1.54, 1.807) is 0 Å². The predicted octanol–water partition coefficient (Wildman–Crippen LogP) is 0.361. The normalized spacial score (nSPS) is 19.1. The van der Waals surface area contributed by atoms with Crippen molar-refractivity contribution in [1.82, 2.24) is 20.4 Å². The average molecular weight is 302 g/mol. The molecule has 1 aromatic rings. The molecule has 1 fully saturated rings. The lowest BCUT2D eigenvalue weighted by Gasteiger charge is -2.33. The number of nitrogens with zero attached hydrogens (tertiary/aromatic N) is 3. The molecule has 1 aliphatic heterocycles. The Morgan fingerprint density at radius 3 is 2.70 bits per heavy atom. The third-order valence-corrected chi connectivity index (χ3v) is 4.09. The Balaban J connectivity index is 2.12. The van der Waals surface area contributed by atoms with Crippen molar-refractivity contribution in [3.05, 3.63) is 11.7 Å². The van der Waals surface area contributed by atoms with E-state index in [1.165, 1.54) is 0 Å². The fourth-order valence-corrected chi connectivity index (χ4v) is 2.99. The van der Waals surface area contributed by atoms with Crippen molar-refractivity contribution in [3.63, 3.8) is 0 Å². The van der Waals surface area contributed by atoms with Gasteiger partial charge in [0, 0.05) is 32.4 Å². The van der Waals surface area contributed by atoms with Crippen molar-refractivity contribution in [1.29, 1.82) is 0 Å². The van der Waals surface area contributed by atoms with Crippen molar-refractivity contribution in [3.8, 4) is 0 Å². The SMILES string of the molecule is CCCC(c1noc(CS(C)(=O)=O)n1)N1CCNCC1. The molecule has 0 radical (unpaired) electrons. The molecule has 0 aliphatic carbocycles. The number of aromatic nitrogens is 2. The largest absolute Gasteiger partial charge is 0.338 e. The van der Waals surface area contributed by atoms with E-state index < -0.39 is 9.84 Å². The van der Waals surface area contributed by atoms with E-state index in [4.69, 9.17) is 4.52 Å². The molecule has 0 saturated carbocycles. The number of hydrogen-bond acceptors (Lipinski definition) is 7. The minimum atomic E-state index is -3.15. The van der Waals surface area contributed by atoms with E-state index in [1.807, 2.05) is 0 Å². The second-order valence-corrected chi connectivity index (χ2v) is 7.35. The fourth-order valence-electron chi connectivity index (χ4n) is 2.43. The van der Waals surface area contributed by atoms with Gasteiger partial charge in [0.05, 0.1) is 6.04 Å². The molecule has 1 aromatic heterocycles. The molecule has 1 aliphatic rings. The number of sulfone groups is 1. The molecule has 114 valence electrons. The Bertz CT molecular complexity index is 523. The minimum absolute atomic E-state index is 0.110. The van der Waals surface area contributed by atoms with Gasteiger partial charge in [-0.05, 0) is 6.42 Å². The zero-order chi connectivity index (χ0) is 14.6. The van der Waals surface area contributed by atoms with Gasteiger partial charge < -0.3 is 9.84 Å². The number of nitrogens with one attached hydrogen (secondary N) is 1. The summed E-state index contributed by atoms with van der Waals surface area (Å²) in [7, 11) is -3.15. The number of rotatable bonds is 6. The fraction of sp³-hybridized carbons (Fsp3) is 0.833. The van der Waals surface area contributed by atoms with Crippen molar-refractivity contribution in [2.75, 3.05) is 32.4 Å². The first kappa shape index (κ1) is 15.4. The van der Waals surface area contributed by atoms with E-state index >= 15 is 0 Å². The highest BCUT2D eigenvalue weighted by Crippen LogP contribution is 2.24. The van der Waals surface area contributed by atoms with Gasteiger partial charge in [-0.25, -0.2) is 8.42 Å². The highest BCUT2D eigenvalue weighted by atomic mass is 32.2. The van der Waals surface area contributed by atoms with Crippen LogP contribution in [0.15, 0.2) is 4.52 Å². The molecular weight excluding hydrogens is 280 g/mol. The summed E-state index contributed by atoms with van der Waals surface area (Å²) in [6.07, 6.45) is 3.12. The van der Waals surface area contributed by atoms with E-state index in [-0.39, 0.29) is 17.7 Å². The van der Waals surface area contributed by atoms with Gasteiger partial charge in [-0.15, -0.1) is 0 Å². The third kappa shape index (κ3) is 4.26.